The Hall–Kier alpha value is -4.19. The predicted octanol–water partition coefficient (Wildman–Crippen LogP) is 4.06. The maximum Gasteiger partial charge on any atom is 0.410 e. The van der Waals surface area contributed by atoms with Crippen molar-refractivity contribution in [1.82, 2.24) is 20.2 Å². The van der Waals surface area contributed by atoms with Crippen molar-refractivity contribution in [3.63, 3.8) is 0 Å². The van der Waals surface area contributed by atoms with Gasteiger partial charge in [-0.1, -0.05) is 24.3 Å². The van der Waals surface area contributed by atoms with E-state index in [1.807, 2.05) is 32.0 Å². The molecule has 1 fully saturated rings. The quantitative estimate of drug-likeness (QED) is 0.440. The fourth-order valence-corrected chi connectivity index (χ4v) is 5.95. The summed E-state index contributed by atoms with van der Waals surface area (Å²) in [5.74, 6) is -0.545. The first-order valence-electron chi connectivity index (χ1n) is 13.3. The molecule has 2 aliphatic heterocycles. The first-order chi connectivity index (χ1) is 19.3. The molecule has 12 heteroatoms. The summed E-state index contributed by atoms with van der Waals surface area (Å²) in [4.78, 5) is 36.5. The van der Waals surface area contributed by atoms with Crippen molar-refractivity contribution in [3.8, 4) is 17.1 Å². The fraction of sp³-hybridized carbons (Fsp3) is 0.379. The Balaban J connectivity index is 1.61. The van der Waals surface area contributed by atoms with Gasteiger partial charge in [-0.05, 0) is 70.4 Å². The average molecular weight is 580 g/mol. The molecule has 3 heterocycles. The smallest absolute Gasteiger partial charge is 0.410 e. The van der Waals surface area contributed by atoms with Crippen LogP contribution in [0.1, 0.15) is 48.7 Å². The number of hydrogen-bond donors (Lipinski definition) is 2. The number of rotatable bonds is 1. The second kappa shape index (κ2) is 10.7. The number of anilines is 1. The number of piperidine rings is 1. The molecular weight excluding hydrogens is 546 g/mol. The number of carbonyl (C=O) groups is 2. The zero-order chi connectivity index (χ0) is 29.5. The number of benzene rings is 2. The van der Waals surface area contributed by atoms with E-state index in [2.05, 4.69) is 20.0 Å². The third-order valence-electron chi connectivity index (χ3n) is 6.87. The number of carbonyl (C=O) groups excluding carboxylic acids is 2. The van der Waals surface area contributed by atoms with Crippen molar-refractivity contribution in [1.29, 1.82) is 0 Å². The molecule has 1 saturated heterocycles. The van der Waals surface area contributed by atoms with Gasteiger partial charge in [0.15, 0.2) is 0 Å². The predicted molar refractivity (Wildman–Crippen MR) is 152 cm³/mol. The summed E-state index contributed by atoms with van der Waals surface area (Å²) < 4.78 is 41.0. The SMILES string of the molecule is Cc1cccc(C)c1-c1cc2nc(n1)NS(=O)(=O)c1cccc(c1)C(=O)N[C@@H]1CCN(C(=O)OC(C)(C)C)C[C@H]1O2. The van der Waals surface area contributed by atoms with Crippen molar-refractivity contribution >= 4 is 28.0 Å². The number of aryl methyl sites for hydroxylation is 2. The third kappa shape index (κ3) is 6.27. The van der Waals surface area contributed by atoms with Gasteiger partial charge < -0.3 is 19.7 Å². The Morgan fingerprint density at radius 3 is 2.49 bits per heavy atom. The number of nitrogens with zero attached hydrogens (tertiary/aromatic N) is 3. The van der Waals surface area contributed by atoms with Crippen LogP contribution in [-0.4, -0.2) is 66.1 Å². The van der Waals surface area contributed by atoms with Gasteiger partial charge in [0, 0.05) is 23.7 Å². The van der Waals surface area contributed by atoms with E-state index in [1.165, 1.54) is 29.2 Å². The summed E-state index contributed by atoms with van der Waals surface area (Å²) in [7, 11) is -4.14. The molecule has 41 heavy (non-hydrogen) atoms. The van der Waals surface area contributed by atoms with Crippen molar-refractivity contribution in [2.24, 2.45) is 0 Å². The van der Waals surface area contributed by atoms with Gasteiger partial charge in [-0.15, -0.1) is 0 Å². The van der Waals surface area contributed by atoms with Crippen molar-refractivity contribution in [2.75, 3.05) is 17.8 Å². The van der Waals surface area contributed by atoms with Crippen LogP contribution in [0.5, 0.6) is 5.88 Å². The topological polar surface area (TPSA) is 140 Å². The first kappa shape index (κ1) is 28.3. The molecule has 0 saturated carbocycles. The van der Waals surface area contributed by atoms with Crippen molar-refractivity contribution in [2.45, 2.75) is 63.7 Å². The molecule has 2 amide bonds. The van der Waals surface area contributed by atoms with E-state index >= 15 is 0 Å². The minimum atomic E-state index is -4.14. The highest BCUT2D eigenvalue weighted by molar-refractivity contribution is 7.92. The molecule has 0 spiro atoms. The summed E-state index contributed by atoms with van der Waals surface area (Å²) in [5, 5.41) is 2.97. The highest BCUT2D eigenvalue weighted by Crippen LogP contribution is 2.31. The average Bonchev–Trinajstić information content (AvgIpc) is 2.88. The molecule has 1 aromatic heterocycles. The molecule has 3 aromatic rings. The molecule has 2 aliphatic rings. The van der Waals surface area contributed by atoms with Gasteiger partial charge in [0.25, 0.3) is 15.9 Å². The van der Waals surface area contributed by atoms with Crippen LogP contribution in [0.15, 0.2) is 53.4 Å². The number of hydrogen-bond acceptors (Lipinski definition) is 8. The lowest BCUT2D eigenvalue weighted by molar-refractivity contribution is 0.000523. The number of sulfonamides is 1. The molecule has 0 radical (unpaired) electrons. The maximum atomic E-state index is 13.3. The second-order valence-corrected chi connectivity index (χ2v) is 12.9. The van der Waals surface area contributed by atoms with Crippen molar-refractivity contribution in [3.05, 3.63) is 65.2 Å². The standard InChI is InChI=1S/C29H33N5O6S/c1-17-8-6-9-18(2)25(17)22-15-24-32-27(31-22)33-41(37,38)20-11-7-10-19(14-20)26(35)30-21-12-13-34(16-23(21)39-24)28(36)40-29(3,4)5/h6-11,14-15,21,23H,12-13,16H2,1-5H3,(H,30,35)(H,31,32,33)/t21-,23-/m1/s1. The third-order valence-corrected chi connectivity index (χ3v) is 8.20. The lowest BCUT2D eigenvalue weighted by atomic mass is 9.99. The summed E-state index contributed by atoms with van der Waals surface area (Å²) in [6.45, 7) is 9.70. The van der Waals surface area contributed by atoms with E-state index in [1.54, 1.807) is 26.8 Å². The van der Waals surface area contributed by atoms with E-state index in [0.29, 0.717) is 18.7 Å². The summed E-state index contributed by atoms with van der Waals surface area (Å²) >= 11 is 0. The Morgan fingerprint density at radius 1 is 1.07 bits per heavy atom. The van der Waals surface area contributed by atoms with Gasteiger partial charge in [-0.3, -0.25) is 4.79 Å². The zero-order valence-corrected chi connectivity index (χ0v) is 24.4. The fourth-order valence-electron chi connectivity index (χ4n) is 4.96. The van der Waals surface area contributed by atoms with Gasteiger partial charge in [0.2, 0.25) is 11.8 Å². The maximum absolute atomic E-state index is 13.3. The summed E-state index contributed by atoms with van der Waals surface area (Å²) in [6.07, 6.45) is -0.823. The molecule has 216 valence electrons. The highest BCUT2D eigenvalue weighted by atomic mass is 32.2. The van der Waals surface area contributed by atoms with Crippen LogP contribution in [0.3, 0.4) is 0 Å². The van der Waals surface area contributed by atoms with Gasteiger partial charge in [-0.25, -0.2) is 22.9 Å². The minimum absolute atomic E-state index is 0.0941. The molecule has 2 aromatic carbocycles. The van der Waals surface area contributed by atoms with Crippen LogP contribution < -0.4 is 14.8 Å². The van der Waals surface area contributed by atoms with Gasteiger partial charge in [0.05, 0.1) is 23.2 Å². The molecule has 2 atom stereocenters. The summed E-state index contributed by atoms with van der Waals surface area (Å²) in [6, 6.07) is 12.7. The van der Waals surface area contributed by atoms with Crippen LogP contribution in [0.2, 0.25) is 0 Å². The van der Waals surface area contributed by atoms with Crippen LogP contribution in [0.4, 0.5) is 10.7 Å². The lowest BCUT2D eigenvalue weighted by Gasteiger charge is -2.39. The zero-order valence-electron chi connectivity index (χ0n) is 23.6. The van der Waals surface area contributed by atoms with E-state index in [0.717, 1.165) is 16.7 Å². The highest BCUT2D eigenvalue weighted by Gasteiger charge is 2.37. The van der Waals surface area contributed by atoms with E-state index < -0.39 is 39.8 Å². The Morgan fingerprint density at radius 2 is 1.78 bits per heavy atom. The van der Waals surface area contributed by atoms with E-state index in [9.17, 15) is 18.0 Å². The second-order valence-electron chi connectivity index (χ2n) is 11.3. The Kier molecular flexibility index (Phi) is 7.37. The molecule has 11 nitrogen and oxygen atoms in total. The van der Waals surface area contributed by atoms with Crippen LogP contribution in [-0.2, 0) is 14.8 Å². The molecule has 0 unspecified atom stereocenters. The van der Waals surface area contributed by atoms with Crippen molar-refractivity contribution < 1.29 is 27.5 Å². The minimum Gasteiger partial charge on any atom is -0.470 e. The normalized spacial score (nSPS) is 20.1. The molecule has 2 N–H and O–H groups in total. The number of likely N-dealkylation sites (tertiary alicyclic amines) is 1. The molecule has 4 bridgehead atoms. The van der Waals surface area contributed by atoms with Gasteiger partial charge in [-0.2, -0.15) is 4.98 Å². The number of fused-ring (bicyclic) bond motifs is 5. The van der Waals surface area contributed by atoms with E-state index in [4.69, 9.17) is 9.47 Å². The van der Waals surface area contributed by atoms with E-state index in [-0.39, 0.29) is 28.8 Å². The van der Waals surface area contributed by atoms with Crippen LogP contribution in [0.25, 0.3) is 11.3 Å². The number of ether oxygens (including phenoxy) is 2. The van der Waals surface area contributed by atoms with Crippen LogP contribution in [0, 0.1) is 13.8 Å². The Labute approximate surface area is 239 Å². The van der Waals surface area contributed by atoms with Gasteiger partial charge in [0.1, 0.15) is 11.7 Å². The monoisotopic (exact) mass is 579 g/mol. The summed E-state index contributed by atoms with van der Waals surface area (Å²) in [5.41, 5.74) is 2.64. The molecule has 5 rings (SSSR count). The lowest BCUT2D eigenvalue weighted by Crippen LogP contribution is -2.58. The number of aromatic nitrogens is 2. The largest absolute Gasteiger partial charge is 0.470 e. The first-order valence-corrected chi connectivity index (χ1v) is 14.8. The number of nitrogens with one attached hydrogen (secondary N) is 2. The molecular formula is C29H33N5O6S. The number of amides is 2. The van der Waals surface area contributed by atoms with Gasteiger partial charge >= 0.3 is 6.09 Å². The van der Waals surface area contributed by atoms with Crippen LogP contribution >= 0.6 is 0 Å². The molecule has 0 aliphatic carbocycles. The Bertz CT molecular complexity index is 1600.